The van der Waals surface area contributed by atoms with Gasteiger partial charge in [0.05, 0.1) is 18.6 Å². The van der Waals surface area contributed by atoms with Crippen molar-refractivity contribution < 1.29 is 4.74 Å². The molecule has 3 heteroatoms. The van der Waals surface area contributed by atoms with Gasteiger partial charge in [-0.1, -0.05) is 12.1 Å². The van der Waals surface area contributed by atoms with Crippen molar-refractivity contribution in [2.24, 2.45) is 0 Å². The summed E-state index contributed by atoms with van der Waals surface area (Å²) in [6, 6.07) is 9.64. The van der Waals surface area contributed by atoms with Gasteiger partial charge in [0.15, 0.2) is 0 Å². The molecule has 0 bridgehead atoms. The predicted octanol–water partition coefficient (Wildman–Crippen LogP) is 2.43. The number of nitrogens with one attached hydrogen (secondary N) is 1. The van der Waals surface area contributed by atoms with E-state index in [-0.39, 0.29) is 5.41 Å². The van der Waals surface area contributed by atoms with E-state index in [2.05, 4.69) is 35.8 Å². The molecule has 0 amide bonds. The number of hydrogen-bond donors (Lipinski definition) is 1. The van der Waals surface area contributed by atoms with Crippen molar-refractivity contribution in [2.45, 2.75) is 29.2 Å². The third kappa shape index (κ3) is 1.90. The minimum absolute atomic E-state index is 0.243. The highest BCUT2D eigenvalue weighted by Crippen LogP contribution is 2.39. The fourth-order valence-corrected chi connectivity index (χ4v) is 3.38. The monoisotopic (exact) mass is 249 g/mol. The number of thioether (sulfide) groups is 1. The summed E-state index contributed by atoms with van der Waals surface area (Å²) in [4.78, 5) is 1.34. The first-order chi connectivity index (χ1) is 8.35. The van der Waals surface area contributed by atoms with Crippen LogP contribution in [0.1, 0.15) is 18.4 Å². The van der Waals surface area contributed by atoms with Gasteiger partial charge in [0.25, 0.3) is 0 Å². The maximum Gasteiger partial charge on any atom is 0.0600 e. The van der Waals surface area contributed by atoms with Gasteiger partial charge < -0.3 is 10.1 Å². The van der Waals surface area contributed by atoms with Crippen LogP contribution in [0.25, 0.3) is 0 Å². The van der Waals surface area contributed by atoms with Gasteiger partial charge in [-0.05, 0) is 43.3 Å². The molecule has 17 heavy (non-hydrogen) atoms. The van der Waals surface area contributed by atoms with Crippen molar-refractivity contribution in [1.29, 1.82) is 0 Å². The molecule has 1 N–H and O–H groups in total. The van der Waals surface area contributed by atoms with Crippen molar-refractivity contribution in [3.05, 3.63) is 29.8 Å². The number of benzene rings is 1. The molecule has 92 valence electrons. The summed E-state index contributed by atoms with van der Waals surface area (Å²) < 4.78 is 5.52. The van der Waals surface area contributed by atoms with Crippen molar-refractivity contribution >= 4 is 11.8 Å². The maximum atomic E-state index is 5.52. The van der Waals surface area contributed by atoms with Crippen molar-refractivity contribution in [3.63, 3.8) is 0 Å². The number of hydrogen-bond acceptors (Lipinski definition) is 3. The Bertz CT molecular complexity index is 380. The summed E-state index contributed by atoms with van der Waals surface area (Å²) in [6.45, 7) is 2.92. The van der Waals surface area contributed by atoms with E-state index in [4.69, 9.17) is 4.74 Å². The van der Waals surface area contributed by atoms with Gasteiger partial charge in [0.1, 0.15) is 0 Å². The molecule has 1 unspecified atom stereocenters. The molecule has 2 aliphatic heterocycles. The first-order valence-electron chi connectivity index (χ1n) is 6.31. The Morgan fingerprint density at radius 1 is 1.29 bits per heavy atom. The second kappa shape index (κ2) is 4.63. The van der Waals surface area contributed by atoms with Crippen molar-refractivity contribution in [1.82, 2.24) is 5.32 Å². The van der Waals surface area contributed by atoms with Gasteiger partial charge in [-0.15, -0.1) is 11.8 Å². The quantitative estimate of drug-likeness (QED) is 0.831. The predicted molar refractivity (Wildman–Crippen MR) is 71.7 cm³/mol. The Kier molecular flexibility index (Phi) is 3.16. The minimum atomic E-state index is 0.243. The van der Waals surface area contributed by atoms with Crippen LogP contribution in [0.5, 0.6) is 0 Å². The molecule has 2 nitrogen and oxygen atoms in total. The fourth-order valence-electron chi connectivity index (χ4n) is 2.97. The van der Waals surface area contributed by atoms with Crippen LogP contribution in [0.15, 0.2) is 29.2 Å². The molecule has 1 aromatic rings. The lowest BCUT2D eigenvalue weighted by molar-refractivity contribution is -0.0761. The molecule has 3 rings (SSSR count). The molecule has 2 aliphatic rings. The minimum Gasteiger partial charge on any atom is -0.379 e. The number of ether oxygens (including phenoxy) is 1. The van der Waals surface area contributed by atoms with Crippen molar-refractivity contribution in [3.8, 4) is 0 Å². The Balaban J connectivity index is 1.88. The highest BCUT2D eigenvalue weighted by Gasteiger charge is 2.47. The van der Waals surface area contributed by atoms with Gasteiger partial charge in [-0.3, -0.25) is 0 Å². The highest BCUT2D eigenvalue weighted by atomic mass is 32.2. The van der Waals surface area contributed by atoms with E-state index >= 15 is 0 Å². The van der Waals surface area contributed by atoms with Crippen LogP contribution < -0.4 is 5.32 Å². The van der Waals surface area contributed by atoms with Crippen LogP contribution in [0.3, 0.4) is 0 Å². The maximum absolute atomic E-state index is 5.52. The lowest BCUT2D eigenvalue weighted by Gasteiger charge is -2.46. The Morgan fingerprint density at radius 2 is 2.06 bits per heavy atom. The summed E-state index contributed by atoms with van der Waals surface area (Å²) in [5, 5.41) is 3.64. The second-order valence-electron chi connectivity index (χ2n) is 5.03. The van der Waals surface area contributed by atoms with E-state index in [1.54, 1.807) is 11.8 Å². The molecule has 1 aromatic carbocycles. The molecule has 0 saturated carbocycles. The van der Waals surface area contributed by atoms with E-state index in [0.717, 1.165) is 19.8 Å². The summed E-state index contributed by atoms with van der Waals surface area (Å²) >= 11 is 1.80. The highest BCUT2D eigenvalue weighted by molar-refractivity contribution is 7.98. The van der Waals surface area contributed by atoms with E-state index < -0.39 is 0 Å². The Labute approximate surface area is 107 Å². The lowest BCUT2D eigenvalue weighted by atomic mass is 9.72. The van der Waals surface area contributed by atoms with E-state index in [1.165, 1.54) is 23.3 Å². The van der Waals surface area contributed by atoms with Crippen LogP contribution in [-0.2, 0) is 10.2 Å². The summed E-state index contributed by atoms with van der Waals surface area (Å²) in [5.41, 5.74) is 1.69. The normalized spacial score (nSPS) is 26.8. The molecule has 0 spiro atoms. The average Bonchev–Trinajstić information content (AvgIpc) is 2.83. The first-order valence-corrected chi connectivity index (χ1v) is 7.53. The zero-order chi connectivity index (χ0) is 11.7. The summed E-state index contributed by atoms with van der Waals surface area (Å²) in [7, 11) is 0. The molecule has 0 radical (unpaired) electrons. The van der Waals surface area contributed by atoms with Gasteiger partial charge >= 0.3 is 0 Å². The molecule has 1 atom stereocenters. The van der Waals surface area contributed by atoms with Gasteiger partial charge in [0.2, 0.25) is 0 Å². The number of rotatable bonds is 3. The van der Waals surface area contributed by atoms with E-state index in [9.17, 15) is 0 Å². The molecule has 2 fully saturated rings. The lowest BCUT2D eigenvalue weighted by Crippen LogP contribution is -2.58. The Morgan fingerprint density at radius 3 is 2.53 bits per heavy atom. The second-order valence-corrected chi connectivity index (χ2v) is 5.91. The largest absolute Gasteiger partial charge is 0.379 e. The third-order valence-electron chi connectivity index (χ3n) is 4.11. The van der Waals surface area contributed by atoms with Crippen LogP contribution in [0.2, 0.25) is 0 Å². The van der Waals surface area contributed by atoms with E-state index in [1.807, 2.05) is 0 Å². The standard InChI is InChI=1S/C14H19NOS/c1-17-12-6-4-11(5-7-12)14(9-16-10-14)13-3-2-8-15-13/h4-7,13,15H,2-3,8-10H2,1H3. The fraction of sp³-hybridized carbons (Fsp3) is 0.571. The van der Waals surface area contributed by atoms with Crippen LogP contribution >= 0.6 is 11.8 Å². The molecular formula is C14H19NOS. The third-order valence-corrected chi connectivity index (χ3v) is 4.86. The van der Waals surface area contributed by atoms with Crippen LogP contribution in [0.4, 0.5) is 0 Å². The topological polar surface area (TPSA) is 21.3 Å². The van der Waals surface area contributed by atoms with Crippen molar-refractivity contribution in [2.75, 3.05) is 26.0 Å². The van der Waals surface area contributed by atoms with Gasteiger partial charge in [0, 0.05) is 10.9 Å². The zero-order valence-electron chi connectivity index (χ0n) is 10.2. The smallest absolute Gasteiger partial charge is 0.0600 e. The summed E-state index contributed by atoms with van der Waals surface area (Å²) in [6.07, 6.45) is 4.71. The Hall–Kier alpha value is -0.510. The van der Waals surface area contributed by atoms with E-state index in [0.29, 0.717) is 6.04 Å². The first kappa shape index (κ1) is 11.6. The average molecular weight is 249 g/mol. The molecule has 0 aliphatic carbocycles. The van der Waals surface area contributed by atoms with Crippen LogP contribution in [-0.4, -0.2) is 32.1 Å². The molecule has 2 saturated heterocycles. The SMILES string of the molecule is CSc1ccc(C2(C3CCCN3)COC2)cc1. The van der Waals surface area contributed by atoms with Gasteiger partial charge in [-0.2, -0.15) is 0 Å². The zero-order valence-corrected chi connectivity index (χ0v) is 11.1. The van der Waals surface area contributed by atoms with Gasteiger partial charge in [-0.25, -0.2) is 0 Å². The molecule has 0 aromatic heterocycles. The molecule has 2 heterocycles. The van der Waals surface area contributed by atoms with Crippen LogP contribution in [0, 0.1) is 0 Å². The summed E-state index contributed by atoms with van der Waals surface area (Å²) in [5.74, 6) is 0. The molecular weight excluding hydrogens is 230 g/mol.